The molecule has 0 radical (unpaired) electrons. The number of ether oxygens (including phenoxy) is 1. The average molecular weight is 560 g/mol. The third kappa shape index (κ3) is 9.19. The van der Waals surface area contributed by atoms with E-state index < -0.39 is 11.7 Å². The average Bonchev–Trinajstić information content (AvgIpc) is 2.72. The van der Waals surface area contributed by atoms with Crippen LogP contribution in [0.3, 0.4) is 0 Å². The summed E-state index contributed by atoms with van der Waals surface area (Å²) in [6.45, 7) is 4.12. The second-order valence-electron chi connectivity index (χ2n) is 6.86. The van der Waals surface area contributed by atoms with Crippen LogP contribution in [0.2, 0.25) is 0 Å². The number of hydrogen-bond acceptors (Lipinski definition) is 4. The highest BCUT2D eigenvalue weighted by atomic mass is 127. The Balaban J connectivity index is 0.00000450. The number of halogens is 4. The van der Waals surface area contributed by atoms with Gasteiger partial charge in [-0.15, -0.1) is 24.0 Å². The van der Waals surface area contributed by atoms with Crippen LogP contribution >= 0.6 is 35.7 Å². The van der Waals surface area contributed by atoms with Gasteiger partial charge in [-0.1, -0.05) is 12.1 Å². The van der Waals surface area contributed by atoms with Gasteiger partial charge in [0.1, 0.15) is 0 Å². The molecule has 0 saturated carbocycles. The summed E-state index contributed by atoms with van der Waals surface area (Å²) >= 11 is 1.84. The van der Waals surface area contributed by atoms with E-state index in [1.807, 2.05) is 11.8 Å². The molecule has 2 N–H and O–H groups in total. The number of benzene rings is 1. The van der Waals surface area contributed by atoms with Gasteiger partial charge in [-0.2, -0.15) is 24.9 Å². The highest BCUT2D eigenvalue weighted by Gasteiger charge is 2.31. The quantitative estimate of drug-likeness (QED) is 0.207. The lowest BCUT2D eigenvalue weighted by atomic mass is 10.0. The molecule has 0 amide bonds. The Kier molecular flexibility index (Phi) is 13.1. The topological polar surface area (TPSA) is 48.9 Å². The Hall–Kier alpha value is -0.720. The first-order valence-electron chi connectivity index (χ1n) is 9.88. The summed E-state index contributed by atoms with van der Waals surface area (Å²) in [6.07, 6.45) is -0.0190. The number of nitrogens with zero attached hydrogens (tertiary/aromatic N) is 2. The molecule has 1 fully saturated rings. The van der Waals surface area contributed by atoms with Crippen LogP contribution in [0.15, 0.2) is 29.3 Å². The maximum absolute atomic E-state index is 12.9. The number of guanidine groups is 1. The van der Waals surface area contributed by atoms with Crippen molar-refractivity contribution in [1.82, 2.24) is 15.5 Å². The first kappa shape index (κ1) is 27.3. The largest absolute Gasteiger partial charge is 0.416 e. The van der Waals surface area contributed by atoms with Gasteiger partial charge in [0.05, 0.1) is 24.8 Å². The number of rotatable bonds is 9. The van der Waals surface area contributed by atoms with Gasteiger partial charge in [0, 0.05) is 33.2 Å². The molecule has 2 rings (SSSR count). The van der Waals surface area contributed by atoms with Crippen LogP contribution in [0.5, 0.6) is 0 Å². The number of thioether (sulfide) groups is 1. The Morgan fingerprint density at radius 1 is 1.17 bits per heavy atom. The monoisotopic (exact) mass is 560 g/mol. The van der Waals surface area contributed by atoms with E-state index in [-0.39, 0.29) is 30.0 Å². The van der Waals surface area contributed by atoms with Gasteiger partial charge >= 0.3 is 6.18 Å². The smallest absolute Gasteiger partial charge is 0.379 e. The van der Waals surface area contributed by atoms with E-state index in [9.17, 15) is 13.2 Å². The van der Waals surface area contributed by atoms with Crippen molar-refractivity contribution < 1.29 is 17.9 Å². The van der Waals surface area contributed by atoms with E-state index in [1.165, 1.54) is 0 Å². The van der Waals surface area contributed by atoms with Crippen molar-refractivity contribution >= 4 is 41.7 Å². The highest BCUT2D eigenvalue weighted by Crippen LogP contribution is 2.31. The normalized spacial score (nSPS) is 16.6. The Morgan fingerprint density at radius 2 is 1.83 bits per heavy atom. The minimum absolute atomic E-state index is 0. The lowest BCUT2D eigenvalue weighted by molar-refractivity contribution is -0.137. The van der Waals surface area contributed by atoms with Crippen molar-refractivity contribution in [2.75, 3.05) is 58.4 Å². The molecule has 0 aliphatic carbocycles. The van der Waals surface area contributed by atoms with Gasteiger partial charge in [-0.25, -0.2) is 0 Å². The minimum atomic E-state index is -4.33. The molecule has 1 heterocycles. The van der Waals surface area contributed by atoms with Gasteiger partial charge < -0.3 is 15.4 Å². The van der Waals surface area contributed by atoms with Crippen molar-refractivity contribution in [2.24, 2.45) is 4.99 Å². The first-order valence-corrected chi connectivity index (χ1v) is 11.3. The Labute approximate surface area is 198 Å². The van der Waals surface area contributed by atoms with Crippen molar-refractivity contribution in [2.45, 2.75) is 25.1 Å². The number of aliphatic imine (C=N–C) groups is 1. The predicted octanol–water partition coefficient (Wildman–Crippen LogP) is 4.00. The molecule has 172 valence electrons. The number of hydrogen-bond donors (Lipinski definition) is 2. The zero-order chi connectivity index (χ0) is 21.1. The molecule has 1 saturated heterocycles. The molecule has 0 spiro atoms. The molecule has 30 heavy (non-hydrogen) atoms. The van der Waals surface area contributed by atoms with Crippen LogP contribution in [0.1, 0.15) is 30.0 Å². The summed E-state index contributed by atoms with van der Waals surface area (Å²) < 4.78 is 44.2. The summed E-state index contributed by atoms with van der Waals surface area (Å²) in [4.78, 5) is 6.50. The molecule has 1 unspecified atom stereocenters. The van der Waals surface area contributed by atoms with E-state index in [4.69, 9.17) is 4.74 Å². The van der Waals surface area contributed by atoms with E-state index in [1.54, 1.807) is 19.2 Å². The van der Waals surface area contributed by atoms with Crippen LogP contribution in [-0.4, -0.2) is 69.3 Å². The van der Waals surface area contributed by atoms with Crippen molar-refractivity contribution in [3.63, 3.8) is 0 Å². The lowest BCUT2D eigenvalue weighted by Crippen LogP contribution is -2.46. The van der Waals surface area contributed by atoms with E-state index in [2.05, 4.69) is 26.8 Å². The van der Waals surface area contributed by atoms with E-state index in [0.717, 1.165) is 55.9 Å². The van der Waals surface area contributed by atoms with Gasteiger partial charge in [0.15, 0.2) is 5.96 Å². The molecule has 0 aromatic heterocycles. The number of nitrogens with one attached hydrogen (secondary N) is 2. The molecular formula is C20H32F3IN4OS. The zero-order valence-electron chi connectivity index (χ0n) is 17.5. The van der Waals surface area contributed by atoms with Crippen molar-refractivity contribution in [3.05, 3.63) is 35.4 Å². The van der Waals surface area contributed by atoms with Crippen LogP contribution in [0, 0.1) is 0 Å². The van der Waals surface area contributed by atoms with E-state index >= 15 is 0 Å². The maximum Gasteiger partial charge on any atom is 0.416 e. The van der Waals surface area contributed by atoms with Crippen molar-refractivity contribution in [3.8, 4) is 0 Å². The van der Waals surface area contributed by atoms with Crippen LogP contribution in [-0.2, 0) is 10.9 Å². The molecule has 1 atom stereocenters. The Morgan fingerprint density at radius 3 is 2.40 bits per heavy atom. The molecule has 1 aliphatic rings. The third-order valence-corrected chi connectivity index (χ3v) is 5.56. The summed E-state index contributed by atoms with van der Waals surface area (Å²) in [5, 5.41) is 6.63. The number of morpholine rings is 1. The fraction of sp³-hybridized carbons (Fsp3) is 0.650. The SMILES string of the molecule is CN=C(NCCCCSC)NCC(c1ccc(C(F)(F)F)cc1)N1CCOCC1.I. The number of alkyl halides is 3. The van der Waals surface area contributed by atoms with Crippen LogP contribution < -0.4 is 10.6 Å². The molecule has 0 bridgehead atoms. The van der Waals surface area contributed by atoms with Gasteiger partial charge in [-0.05, 0) is 42.5 Å². The molecule has 1 aromatic carbocycles. The second kappa shape index (κ2) is 14.4. The lowest BCUT2D eigenvalue weighted by Gasteiger charge is -2.35. The third-order valence-electron chi connectivity index (χ3n) is 4.86. The predicted molar refractivity (Wildman–Crippen MR) is 129 cm³/mol. The fourth-order valence-electron chi connectivity index (χ4n) is 3.23. The summed E-state index contributed by atoms with van der Waals surface area (Å²) in [5.41, 5.74) is 0.223. The molecule has 1 aromatic rings. The second-order valence-corrected chi connectivity index (χ2v) is 7.85. The Bertz CT molecular complexity index is 625. The standard InChI is InChI=1S/C20H31F3N4OS.HI/c1-24-19(25-9-3-4-14-29-2)26-15-18(27-10-12-28-13-11-27)16-5-7-17(8-6-16)20(21,22)23;/h5-8,18H,3-4,9-15H2,1-2H3,(H2,24,25,26);1H. The van der Waals surface area contributed by atoms with Gasteiger partial charge in [0.25, 0.3) is 0 Å². The van der Waals surface area contributed by atoms with Gasteiger partial charge in [-0.3, -0.25) is 9.89 Å². The molecule has 1 aliphatic heterocycles. The van der Waals surface area contributed by atoms with E-state index in [0.29, 0.717) is 25.7 Å². The zero-order valence-corrected chi connectivity index (χ0v) is 20.7. The first-order chi connectivity index (χ1) is 14.0. The van der Waals surface area contributed by atoms with Crippen LogP contribution in [0.25, 0.3) is 0 Å². The van der Waals surface area contributed by atoms with Gasteiger partial charge in [0.2, 0.25) is 0 Å². The summed E-state index contributed by atoms with van der Waals surface area (Å²) in [7, 11) is 1.72. The maximum atomic E-state index is 12.9. The van der Waals surface area contributed by atoms with Crippen molar-refractivity contribution in [1.29, 1.82) is 0 Å². The molecule has 5 nitrogen and oxygen atoms in total. The summed E-state index contributed by atoms with van der Waals surface area (Å²) in [5.74, 6) is 1.85. The number of unbranched alkanes of at least 4 members (excludes halogenated alkanes) is 1. The molecule has 10 heteroatoms. The summed E-state index contributed by atoms with van der Waals surface area (Å²) in [6, 6.07) is 5.39. The fourth-order valence-corrected chi connectivity index (χ4v) is 3.73. The molecular weight excluding hydrogens is 528 g/mol. The van der Waals surface area contributed by atoms with Crippen LogP contribution in [0.4, 0.5) is 13.2 Å². The minimum Gasteiger partial charge on any atom is -0.379 e. The highest BCUT2D eigenvalue weighted by molar-refractivity contribution is 14.0.